The number of amides is 1. The van der Waals surface area contributed by atoms with Crippen molar-refractivity contribution < 1.29 is 19.4 Å². The van der Waals surface area contributed by atoms with Crippen LogP contribution in [0.15, 0.2) is 24.3 Å². The minimum Gasteiger partial charge on any atom is -0.478 e. The molecule has 1 fully saturated rings. The maximum absolute atomic E-state index is 12.0. The molecule has 1 amide bonds. The molecule has 1 saturated heterocycles. The normalized spacial score (nSPS) is 19.2. The Kier molecular flexibility index (Phi) is 5.33. The van der Waals surface area contributed by atoms with Gasteiger partial charge in [0.2, 0.25) is 5.91 Å². The van der Waals surface area contributed by atoms with E-state index in [0.29, 0.717) is 12.0 Å². The van der Waals surface area contributed by atoms with Gasteiger partial charge in [-0.15, -0.1) is 0 Å². The van der Waals surface area contributed by atoms with Crippen LogP contribution in [0.5, 0.6) is 0 Å². The maximum atomic E-state index is 12.0. The van der Waals surface area contributed by atoms with Crippen molar-refractivity contribution in [2.75, 3.05) is 6.61 Å². The molecule has 5 heteroatoms. The molecule has 0 spiro atoms. The molecule has 2 unspecified atom stereocenters. The summed E-state index contributed by atoms with van der Waals surface area (Å²) >= 11 is 0. The summed E-state index contributed by atoms with van der Waals surface area (Å²) in [7, 11) is 0. The Bertz CT molecular complexity index is 509. The van der Waals surface area contributed by atoms with Crippen LogP contribution in [0.3, 0.4) is 0 Å². The molecule has 1 aromatic rings. The van der Waals surface area contributed by atoms with Gasteiger partial charge in [-0.3, -0.25) is 4.79 Å². The van der Waals surface area contributed by atoms with E-state index in [2.05, 4.69) is 5.32 Å². The van der Waals surface area contributed by atoms with Crippen molar-refractivity contribution in [3.63, 3.8) is 0 Å². The molecule has 2 N–H and O–H groups in total. The topological polar surface area (TPSA) is 75.6 Å². The van der Waals surface area contributed by atoms with Crippen molar-refractivity contribution in [1.82, 2.24) is 5.32 Å². The SMILES string of the molecule is CC(NC(=O)CCc1ccccc1C(=O)O)C1CCCO1. The molecule has 1 aromatic carbocycles. The van der Waals surface area contributed by atoms with E-state index in [-0.39, 0.29) is 30.0 Å². The highest BCUT2D eigenvalue weighted by Gasteiger charge is 2.23. The van der Waals surface area contributed by atoms with Gasteiger partial charge in [0, 0.05) is 13.0 Å². The monoisotopic (exact) mass is 291 g/mol. The van der Waals surface area contributed by atoms with Gasteiger partial charge in [0.05, 0.1) is 17.7 Å². The number of aromatic carboxylic acids is 1. The maximum Gasteiger partial charge on any atom is 0.335 e. The molecule has 21 heavy (non-hydrogen) atoms. The number of carbonyl (C=O) groups is 2. The zero-order chi connectivity index (χ0) is 15.2. The van der Waals surface area contributed by atoms with Gasteiger partial charge in [-0.25, -0.2) is 4.79 Å². The highest BCUT2D eigenvalue weighted by Crippen LogP contribution is 2.16. The van der Waals surface area contributed by atoms with Gasteiger partial charge in [-0.2, -0.15) is 0 Å². The minimum absolute atomic E-state index is 0.00489. The van der Waals surface area contributed by atoms with Crippen molar-refractivity contribution >= 4 is 11.9 Å². The Morgan fingerprint density at radius 3 is 2.86 bits per heavy atom. The van der Waals surface area contributed by atoms with E-state index in [4.69, 9.17) is 9.84 Å². The Morgan fingerprint density at radius 1 is 1.43 bits per heavy atom. The third-order valence-electron chi connectivity index (χ3n) is 3.78. The summed E-state index contributed by atoms with van der Waals surface area (Å²) in [5.74, 6) is -1.03. The van der Waals surface area contributed by atoms with Crippen molar-refractivity contribution in [1.29, 1.82) is 0 Å². The van der Waals surface area contributed by atoms with Gasteiger partial charge in [-0.1, -0.05) is 18.2 Å². The van der Waals surface area contributed by atoms with Crippen LogP contribution in [0, 0.1) is 0 Å². The quantitative estimate of drug-likeness (QED) is 0.840. The van der Waals surface area contributed by atoms with Crippen LogP contribution in [-0.2, 0) is 16.0 Å². The predicted molar refractivity (Wildman–Crippen MR) is 78.3 cm³/mol. The number of rotatable bonds is 6. The van der Waals surface area contributed by atoms with Gasteiger partial charge < -0.3 is 15.2 Å². The lowest BCUT2D eigenvalue weighted by Gasteiger charge is -2.20. The number of ether oxygens (including phenoxy) is 1. The Balaban J connectivity index is 1.85. The van der Waals surface area contributed by atoms with Crippen LogP contribution >= 0.6 is 0 Å². The van der Waals surface area contributed by atoms with Crippen LogP contribution < -0.4 is 5.32 Å². The number of carboxylic acids is 1. The summed E-state index contributed by atoms with van der Waals surface area (Å²) in [6, 6.07) is 6.78. The molecule has 1 aliphatic rings. The van der Waals surface area contributed by atoms with Crippen molar-refractivity contribution in [2.45, 2.75) is 44.8 Å². The fourth-order valence-corrected chi connectivity index (χ4v) is 2.61. The standard InChI is InChI=1S/C16H21NO4/c1-11(14-7-4-10-21-14)17-15(18)9-8-12-5-2-3-6-13(12)16(19)20/h2-3,5-6,11,14H,4,7-10H2,1H3,(H,17,18)(H,19,20). The first-order valence-electron chi connectivity index (χ1n) is 7.30. The molecule has 0 saturated carbocycles. The van der Waals surface area contributed by atoms with Crippen LogP contribution in [0.2, 0.25) is 0 Å². The van der Waals surface area contributed by atoms with E-state index in [1.54, 1.807) is 24.3 Å². The summed E-state index contributed by atoms with van der Waals surface area (Å²) in [4.78, 5) is 23.1. The predicted octanol–water partition coefficient (Wildman–Crippen LogP) is 2.00. The molecule has 114 valence electrons. The number of nitrogens with one attached hydrogen (secondary N) is 1. The van der Waals surface area contributed by atoms with Crippen LogP contribution in [0.25, 0.3) is 0 Å². The van der Waals surface area contributed by atoms with Crippen LogP contribution in [0.4, 0.5) is 0 Å². The summed E-state index contributed by atoms with van der Waals surface area (Å²) in [6.45, 7) is 2.70. The Labute approximate surface area is 124 Å². The smallest absolute Gasteiger partial charge is 0.335 e. The van der Waals surface area contributed by atoms with Gasteiger partial charge in [0.25, 0.3) is 0 Å². The molecular formula is C16H21NO4. The van der Waals surface area contributed by atoms with Gasteiger partial charge in [0.15, 0.2) is 0 Å². The first kappa shape index (κ1) is 15.5. The second-order valence-electron chi connectivity index (χ2n) is 5.37. The third kappa shape index (κ3) is 4.29. The van der Waals surface area contributed by atoms with Crippen LogP contribution in [-0.4, -0.2) is 35.7 Å². The zero-order valence-corrected chi connectivity index (χ0v) is 12.2. The fraction of sp³-hybridized carbons (Fsp3) is 0.500. The number of hydrogen-bond donors (Lipinski definition) is 2. The lowest BCUT2D eigenvalue weighted by atomic mass is 10.0. The zero-order valence-electron chi connectivity index (χ0n) is 12.2. The average molecular weight is 291 g/mol. The number of carboxylic acid groups (broad SMARTS) is 1. The van der Waals surface area contributed by atoms with E-state index in [9.17, 15) is 9.59 Å². The van der Waals surface area contributed by atoms with Crippen molar-refractivity contribution in [3.8, 4) is 0 Å². The first-order valence-corrected chi connectivity index (χ1v) is 7.30. The van der Waals surface area contributed by atoms with E-state index in [1.165, 1.54) is 0 Å². The molecule has 5 nitrogen and oxygen atoms in total. The lowest BCUT2D eigenvalue weighted by molar-refractivity contribution is -0.122. The summed E-state index contributed by atoms with van der Waals surface area (Å²) in [5, 5.41) is 12.0. The van der Waals surface area contributed by atoms with E-state index in [0.717, 1.165) is 19.4 Å². The average Bonchev–Trinajstić information content (AvgIpc) is 2.99. The van der Waals surface area contributed by atoms with E-state index >= 15 is 0 Å². The first-order chi connectivity index (χ1) is 10.1. The van der Waals surface area contributed by atoms with Gasteiger partial charge in [-0.05, 0) is 37.8 Å². The second-order valence-corrected chi connectivity index (χ2v) is 5.37. The highest BCUT2D eigenvalue weighted by molar-refractivity contribution is 5.89. The van der Waals surface area contributed by atoms with Crippen molar-refractivity contribution in [2.24, 2.45) is 0 Å². The Morgan fingerprint density at radius 2 is 2.19 bits per heavy atom. The molecule has 0 bridgehead atoms. The molecule has 0 aliphatic carbocycles. The van der Waals surface area contributed by atoms with E-state index in [1.807, 2.05) is 6.92 Å². The molecular weight excluding hydrogens is 270 g/mol. The molecule has 2 rings (SSSR count). The molecule has 1 heterocycles. The summed E-state index contributed by atoms with van der Waals surface area (Å²) in [6.07, 6.45) is 2.81. The third-order valence-corrected chi connectivity index (χ3v) is 3.78. The molecule has 0 aromatic heterocycles. The summed E-state index contributed by atoms with van der Waals surface area (Å²) < 4.78 is 5.54. The molecule has 0 radical (unpaired) electrons. The fourth-order valence-electron chi connectivity index (χ4n) is 2.61. The second kappa shape index (κ2) is 7.22. The number of carbonyl (C=O) groups excluding carboxylic acids is 1. The van der Waals surface area contributed by atoms with E-state index < -0.39 is 5.97 Å². The lowest BCUT2D eigenvalue weighted by Crippen LogP contribution is -2.40. The number of aryl methyl sites for hydroxylation is 1. The van der Waals surface area contributed by atoms with Crippen molar-refractivity contribution in [3.05, 3.63) is 35.4 Å². The van der Waals surface area contributed by atoms with Gasteiger partial charge in [0.1, 0.15) is 0 Å². The van der Waals surface area contributed by atoms with Gasteiger partial charge >= 0.3 is 5.97 Å². The minimum atomic E-state index is -0.960. The summed E-state index contributed by atoms with van der Waals surface area (Å²) in [5.41, 5.74) is 0.947. The number of hydrogen-bond acceptors (Lipinski definition) is 3. The largest absolute Gasteiger partial charge is 0.478 e. The Hall–Kier alpha value is -1.88. The highest BCUT2D eigenvalue weighted by atomic mass is 16.5. The molecule has 1 aliphatic heterocycles. The number of benzene rings is 1. The van der Waals surface area contributed by atoms with Crippen LogP contribution in [0.1, 0.15) is 42.1 Å². The molecule has 2 atom stereocenters.